The summed E-state index contributed by atoms with van der Waals surface area (Å²) in [6, 6.07) is 7.36. The normalized spacial score (nSPS) is 15.9. The van der Waals surface area contributed by atoms with E-state index in [1.807, 2.05) is 32.9 Å². The molecule has 5 heteroatoms. The molecule has 1 saturated heterocycles. The summed E-state index contributed by atoms with van der Waals surface area (Å²) >= 11 is 0. The molecule has 142 valence electrons. The summed E-state index contributed by atoms with van der Waals surface area (Å²) in [4.78, 5) is 25.3. The van der Waals surface area contributed by atoms with Gasteiger partial charge in [0.25, 0.3) is 0 Å². The summed E-state index contributed by atoms with van der Waals surface area (Å²) in [6.07, 6.45) is 7.00. The van der Waals surface area contributed by atoms with Gasteiger partial charge in [-0.2, -0.15) is 0 Å². The van der Waals surface area contributed by atoms with Crippen molar-refractivity contribution in [3.05, 3.63) is 41.5 Å². The standard InChI is InChI=1S/C21H29NO4/c1-21(2,3)26-20(24)22-14-12-17(13-15-22)7-5-6-16-8-10-18(11-9-16)19(23)25-4/h5-6,8-11,17H,7,12-15H2,1-4H3. The minimum Gasteiger partial charge on any atom is -0.465 e. The van der Waals surface area contributed by atoms with Gasteiger partial charge in [0.05, 0.1) is 12.7 Å². The highest BCUT2D eigenvalue weighted by atomic mass is 16.6. The fourth-order valence-corrected chi connectivity index (χ4v) is 2.92. The van der Waals surface area contributed by atoms with Gasteiger partial charge in [0.2, 0.25) is 0 Å². The molecule has 0 aliphatic carbocycles. The number of benzene rings is 1. The number of carbonyl (C=O) groups is 2. The van der Waals surface area contributed by atoms with Gasteiger partial charge in [-0.15, -0.1) is 0 Å². The van der Waals surface area contributed by atoms with Crippen molar-refractivity contribution in [1.29, 1.82) is 0 Å². The molecule has 0 bridgehead atoms. The summed E-state index contributed by atoms with van der Waals surface area (Å²) in [7, 11) is 1.38. The third-order valence-corrected chi connectivity index (χ3v) is 4.38. The number of amides is 1. The maximum Gasteiger partial charge on any atom is 0.410 e. The van der Waals surface area contributed by atoms with E-state index in [9.17, 15) is 9.59 Å². The lowest BCUT2D eigenvalue weighted by molar-refractivity contribution is 0.0185. The molecule has 0 radical (unpaired) electrons. The van der Waals surface area contributed by atoms with Crippen molar-refractivity contribution in [3.8, 4) is 0 Å². The Labute approximate surface area is 156 Å². The van der Waals surface area contributed by atoms with E-state index in [-0.39, 0.29) is 12.1 Å². The van der Waals surface area contributed by atoms with Crippen LogP contribution in [0.4, 0.5) is 4.79 Å². The molecule has 1 aromatic rings. The molecule has 1 amide bonds. The third-order valence-electron chi connectivity index (χ3n) is 4.38. The predicted octanol–water partition coefficient (Wildman–Crippen LogP) is 4.52. The van der Waals surface area contributed by atoms with Crippen LogP contribution in [0.5, 0.6) is 0 Å². The topological polar surface area (TPSA) is 55.8 Å². The summed E-state index contributed by atoms with van der Waals surface area (Å²) in [5, 5.41) is 0. The second-order valence-electron chi connectivity index (χ2n) is 7.66. The van der Waals surface area contributed by atoms with Crippen molar-refractivity contribution >= 4 is 18.1 Å². The fourth-order valence-electron chi connectivity index (χ4n) is 2.92. The predicted molar refractivity (Wildman–Crippen MR) is 102 cm³/mol. The monoisotopic (exact) mass is 359 g/mol. The van der Waals surface area contributed by atoms with Gasteiger partial charge in [-0.1, -0.05) is 24.3 Å². The maximum absolute atomic E-state index is 12.1. The Kier molecular flexibility index (Phi) is 6.83. The van der Waals surface area contributed by atoms with Crippen LogP contribution in [-0.4, -0.2) is 42.8 Å². The third kappa shape index (κ3) is 6.21. The smallest absolute Gasteiger partial charge is 0.410 e. The van der Waals surface area contributed by atoms with Gasteiger partial charge in [-0.25, -0.2) is 9.59 Å². The molecule has 0 aromatic heterocycles. The number of hydrogen-bond donors (Lipinski definition) is 0. The number of rotatable bonds is 4. The van der Waals surface area contributed by atoms with Crippen LogP contribution in [0.3, 0.4) is 0 Å². The Hall–Kier alpha value is -2.30. The molecule has 0 saturated carbocycles. The van der Waals surface area contributed by atoms with Crippen LogP contribution in [0.25, 0.3) is 6.08 Å². The van der Waals surface area contributed by atoms with Crippen molar-refractivity contribution in [2.45, 2.75) is 45.6 Å². The molecule has 2 rings (SSSR count). The number of piperidine rings is 1. The lowest BCUT2D eigenvalue weighted by Gasteiger charge is -2.33. The number of ether oxygens (including phenoxy) is 2. The quantitative estimate of drug-likeness (QED) is 0.742. The summed E-state index contributed by atoms with van der Waals surface area (Å²) in [5.41, 5.74) is 1.17. The van der Waals surface area contributed by atoms with Gasteiger partial charge in [-0.05, 0) is 63.6 Å². The number of likely N-dealkylation sites (tertiary alicyclic amines) is 1. The van der Waals surface area contributed by atoms with Gasteiger partial charge >= 0.3 is 12.1 Å². The summed E-state index contributed by atoms with van der Waals surface area (Å²) in [6.45, 7) is 7.17. The number of carbonyl (C=O) groups excluding carboxylic acids is 2. The Morgan fingerprint density at radius 3 is 2.31 bits per heavy atom. The first kappa shape index (κ1) is 20.0. The van der Waals surface area contributed by atoms with Crippen LogP contribution in [0, 0.1) is 5.92 Å². The zero-order valence-electron chi connectivity index (χ0n) is 16.2. The first-order chi connectivity index (χ1) is 12.3. The second kappa shape index (κ2) is 8.88. The highest BCUT2D eigenvalue weighted by molar-refractivity contribution is 5.89. The first-order valence-electron chi connectivity index (χ1n) is 9.11. The molecule has 5 nitrogen and oxygen atoms in total. The molecule has 0 unspecified atom stereocenters. The number of esters is 1. The molecular formula is C21H29NO4. The zero-order valence-corrected chi connectivity index (χ0v) is 16.2. The van der Waals surface area contributed by atoms with Crippen molar-refractivity contribution in [2.24, 2.45) is 5.92 Å². The fraction of sp³-hybridized carbons (Fsp3) is 0.524. The van der Waals surface area contributed by atoms with Crippen LogP contribution < -0.4 is 0 Å². The van der Waals surface area contributed by atoms with Gasteiger partial charge in [-0.3, -0.25) is 0 Å². The van der Waals surface area contributed by atoms with Gasteiger partial charge < -0.3 is 14.4 Å². The molecule has 0 spiro atoms. The van der Waals surface area contributed by atoms with Crippen LogP contribution in [0.15, 0.2) is 30.3 Å². The van der Waals surface area contributed by atoms with E-state index in [1.54, 1.807) is 17.0 Å². The van der Waals surface area contributed by atoms with Crippen LogP contribution in [-0.2, 0) is 9.47 Å². The average molecular weight is 359 g/mol. The minimum atomic E-state index is -0.444. The largest absolute Gasteiger partial charge is 0.465 e. The zero-order chi connectivity index (χ0) is 19.2. The first-order valence-corrected chi connectivity index (χ1v) is 9.11. The van der Waals surface area contributed by atoms with Crippen molar-refractivity contribution < 1.29 is 19.1 Å². The number of nitrogens with zero attached hydrogens (tertiary/aromatic N) is 1. The number of hydrogen-bond acceptors (Lipinski definition) is 4. The number of methoxy groups -OCH3 is 1. The van der Waals surface area contributed by atoms with E-state index in [4.69, 9.17) is 9.47 Å². The molecule has 1 heterocycles. The van der Waals surface area contributed by atoms with Gasteiger partial charge in [0.15, 0.2) is 0 Å². The highest BCUT2D eigenvalue weighted by Crippen LogP contribution is 2.23. The SMILES string of the molecule is COC(=O)c1ccc(C=CCC2CCN(C(=O)OC(C)(C)C)CC2)cc1. The van der Waals surface area contributed by atoms with E-state index in [0.29, 0.717) is 11.5 Å². The van der Waals surface area contributed by atoms with E-state index in [2.05, 4.69) is 12.2 Å². The van der Waals surface area contributed by atoms with Gasteiger partial charge in [0, 0.05) is 13.1 Å². The highest BCUT2D eigenvalue weighted by Gasteiger charge is 2.26. The lowest BCUT2D eigenvalue weighted by Crippen LogP contribution is -2.41. The summed E-state index contributed by atoms with van der Waals surface area (Å²) in [5.74, 6) is 0.261. The Morgan fingerprint density at radius 1 is 1.15 bits per heavy atom. The Bertz CT molecular complexity index is 635. The lowest BCUT2D eigenvalue weighted by atomic mass is 9.93. The van der Waals surface area contributed by atoms with Crippen molar-refractivity contribution in [2.75, 3.05) is 20.2 Å². The second-order valence-corrected chi connectivity index (χ2v) is 7.66. The molecule has 1 fully saturated rings. The average Bonchev–Trinajstić information content (AvgIpc) is 2.61. The molecule has 1 aliphatic heterocycles. The van der Waals surface area contributed by atoms with Crippen molar-refractivity contribution in [1.82, 2.24) is 4.90 Å². The Balaban J connectivity index is 1.77. The van der Waals surface area contributed by atoms with Crippen LogP contribution >= 0.6 is 0 Å². The van der Waals surface area contributed by atoms with E-state index >= 15 is 0 Å². The molecule has 0 atom stereocenters. The summed E-state index contributed by atoms with van der Waals surface area (Å²) < 4.78 is 10.1. The van der Waals surface area contributed by atoms with Crippen molar-refractivity contribution in [3.63, 3.8) is 0 Å². The molecule has 1 aliphatic rings. The maximum atomic E-state index is 12.1. The van der Waals surface area contributed by atoms with Crippen LogP contribution in [0.1, 0.15) is 56.0 Å². The van der Waals surface area contributed by atoms with Gasteiger partial charge in [0.1, 0.15) is 5.60 Å². The van der Waals surface area contributed by atoms with E-state index < -0.39 is 5.60 Å². The van der Waals surface area contributed by atoms with Crippen LogP contribution in [0.2, 0.25) is 0 Å². The molecule has 0 N–H and O–H groups in total. The molecular weight excluding hydrogens is 330 g/mol. The van der Waals surface area contributed by atoms with E-state index in [1.165, 1.54) is 7.11 Å². The minimum absolute atomic E-state index is 0.211. The van der Waals surface area contributed by atoms with E-state index in [0.717, 1.165) is 37.9 Å². The molecule has 1 aromatic carbocycles. The molecule has 26 heavy (non-hydrogen) atoms. The Morgan fingerprint density at radius 2 is 1.77 bits per heavy atom. The number of allylic oxidation sites excluding steroid dienone is 1.